The highest BCUT2D eigenvalue weighted by molar-refractivity contribution is 5.94. The van der Waals surface area contributed by atoms with Crippen molar-refractivity contribution in [1.82, 2.24) is 0 Å². The van der Waals surface area contributed by atoms with Gasteiger partial charge in [0.1, 0.15) is 5.84 Å². The molecule has 0 spiro atoms. The van der Waals surface area contributed by atoms with E-state index in [2.05, 4.69) is 25.1 Å². The Kier molecular flexibility index (Phi) is 9.73. The molecule has 3 N–H and O–H groups in total. The van der Waals surface area contributed by atoms with Crippen LogP contribution < -0.4 is 5.73 Å². The fourth-order valence-corrected chi connectivity index (χ4v) is 4.10. The van der Waals surface area contributed by atoms with Gasteiger partial charge in [-0.15, -0.1) is 12.4 Å². The van der Waals surface area contributed by atoms with Crippen molar-refractivity contribution >= 4 is 18.2 Å². The molecule has 0 radical (unpaired) electrons. The molecule has 0 amide bonds. The van der Waals surface area contributed by atoms with Crippen LogP contribution in [-0.2, 0) is 0 Å². The van der Waals surface area contributed by atoms with Gasteiger partial charge < -0.3 is 5.73 Å². The number of nitrogens with one attached hydrogen (secondary N) is 1. The molecule has 1 aliphatic carbocycles. The highest BCUT2D eigenvalue weighted by Crippen LogP contribution is 2.45. The average molecular weight is 376 g/mol. The van der Waals surface area contributed by atoms with Crippen molar-refractivity contribution in [1.29, 1.82) is 10.7 Å². The maximum atomic E-state index is 9.75. The third kappa shape index (κ3) is 6.32. The van der Waals surface area contributed by atoms with Crippen molar-refractivity contribution < 1.29 is 0 Å². The number of benzene rings is 1. The number of hydrogen-bond acceptors (Lipinski definition) is 2. The Morgan fingerprint density at radius 3 is 2.23 bits per heavy atom. The predicted octanol–water partition coefficient (Wildman–Crippen LogP) is 6.31. The SMILES string of the molecule is CCCCCCCCC1(C#N)CCC(c2ccc(C(=N)N)cc2)CC1.Cl. The molecular formula is C22H34ClN3. The van der Waals surface area contributed by atoms with Crippen LogP contribution in [0.5, 0.6) is 0 Å². The van der Waals surface area contributed by atoms with Crippen LogP contribution >= 0.6 is 12.4 Å². The Morgan fingerprint density at radius 1 is 1.12 bits per heavy atom. The van der Waals surface area contributed by atoms with Gasteiger partial charge in [-0.1, -0.05) is 69.7 Å². The Morgan fingerprint density at radius 2 is 1.69 bits per heavy atom. The second kappa shape index (κ2) is 11.2. The first-order valence-electron chi connectivity index (χ1n) is 9.96. The number of rotatable bonds is 9. The summed E-state index contributed by atoms with van der Waals surface area (Å²) in [6, 6.07) is 10.8. The van der Waals surface area contributed by atoms with Crippen LogP contribution in [0.2, 0.25) is 0 Å². The number of amidine groups is 1. The molecule has 2 rings (SSSR count). The lowest BCUT2D eigenvalue weighted by Crippen LogP contribution is -2.25. The molecule has 1 fully saturated rings. The van der Waals surface area contributed by atoms with Crippen molar-refractivity contribution in [2.24, 2.45) is 11.1 Å². The van der Waals surface area contributed by atoms with E-state index >= 15 is 0 Å². The molecule has 1 aromatic carbocycles. The van der Waals surface area contributed by atoms with Gasteiger partial charge in [0.05, 0.1) is 11.5 Å². The number of hydrogen-bond donors (Lipinski definition) is 2. The average Bonchev–Trinajstić information content (AvgIpc) is 2.65. The Hall–Kier alpha value is -1.53. The molecule has 0 unspecified atom stereocenters. The van der Waals surface area contributed by atoms with Crippen molar-refractivity contribution in [3.63, 3.8) is 0 Å². The molecule has 0 bridgehead atoms. The lowest BCUT2D eigenvalue weighted by molar-refractivity contribution is 0.223. The van der Waals surface area contributed by atoms with E-state index in [1.54, 1.807) is 0 Å². The normalized spacial score (nSPS) is 22.2. The second-order valence-electron chi connectivity index (χ2n) is 7.72. The van der Waals surface area contributed by atoms with Gasteiger partial charge in [-0.3, -0.25) is 5.41 Å². The molecule has 3 nitrogen and oxygen atoms in total. The molecule has 0 aliphatic heterocycles. The van der Waals surface area contributed by atoms with Crippen molar-refractivity contribution in [3.05, 3.63) is 35.4 Å². The van der Waals surface area contributed by atoms with E-state index in [1.807, 2.05) is 12.1 Å². The fraction of sp³-hybridized carbons (Fsp3) is 0.636. The van der Waals surface area contributed by atoms with E-state index in [1.165, 1.54) is 44.1 Å². The standard InChI is InChI=1S/C22H33N3.ClH/c1-2-3-4-5-6-7-14-22(17-23)15-12-19(13-16-22)18-8-10-20(11-9-18)21(24)25;/h8-11,19H,2-7,12-16H2,1H3,(H3,24,25);1H. The van der Waals surface area contributed by atoms with Gasteiger partial charge >= 0.3 is 0 Å². The summed E-state index contributed by atoms with van der Waals surface area (Å²) in [7, 11) is 0. The zero-order chi connectivity index (χ0) is 18.1. The summed E-state index contributed by atoms with van der Waals surface area (Å²) in [4.78, 5) is 0. The summed E-state index contributed by atoms with van der Waals surface area (Å²) in [6.07, 6.45) is 13.1. The minimum absolute atomic E-state index is 0. The minimum Gasteiger partial charge on any atom is -0.384 e. The summed E-state index contributed by atoms with van der Waals surface area (Å²) in [5, 5.41) is 17.2. The molecule has 1 aliphatic rings. The number of nitrogens with zero attached hydrogens (tertiary/aromatic N) is 1. The van der Waals surface area contributed by atoms with Crippen LogP contribution in [0.3, 0.4) is 0 Å². The number of unbranched alkanes of at least 4 members (excludes halogenated alkanes) is 5. The highest BCUT2D eigenvalue weighted by Gasteiger charge is 2.35. The van der Waals surface area contributed by atoms with Crippen molar-refractivity contribution in [2.45, 2.75) is 83.5 Å². The predicted molar refractivity (Wildman–Crippen MR) is 112 cm³/mol. The summed E-state index contributed by atoms with van der Waals surface area (Å²) in [6.45, 7) is 2.25. The largest absolute Gasteiger partial charge is 0.384 e. The second-order valence-corrected chi connectivity index (χ2v) is 7.72. The van der Waals surface area contributed by atoms with Crippen LogP contribution in [0.15, 0.2) is 24.3 Å². The van der Waals surface area contributed by atoms with Gasteiger partial charge in [-0.2, -0.15) is 5.26 Å². The summed E-state index contributed by atoms with van der Waals surface area (Å²) >= 11 is 0. The van der Waals surface area contributed by atoms with Gasteiger partial charge in [-0.05, 0) is 43.6 Å². The molecule has 0 aromatic heterocycles. The maximum Gasteiger partial charge on any atom is 0.122 e. The first kappa shape index (κ1) is 22.5. The van der Waals surface area contributed by atoms with E-state index in [9.17, 15) is 5.26 Å². The van der Waals surface area contributed by atoms with Gasteiger partial charge in [-0.25, -0.2) is 0 Å². The van der Waals surface area contributed by atoms with E-state index in [0.29, 0.717) is 5.92 Å². The molecule has 0 heterocycles. The molecule has 26 heavy (non-hydrogen) atoms. The van der Waals surface area contributed by atoms with Crippen molar-refractivity contribution in [2.75, 3.05) is 0 Å². The number of nitriles is 1. The van der Waals surface area contributed by atoms with Crippen LogP contribution in [-0.4, -0.2) is 5.84 Å². The quantitative estimate of drug-likeness (QED) is 0.301. The van der Waals surface area contributed by atoms with Crippen LogP contribution in [0.4, 0.5) is 0 Å². The van der Waals surface area contributed by atoms with E-state index in [-0.39, 0.29) is 23.7 Å². The summed E-state index contributed by atoms with van der Waals surface area (Å²) in [5.74, 6) is 0.671. The number of nitrogens with two attached hydrogens (primary N) is 1. The third-order valence-corrected chi connectivity index (χ3v) is 5.88. The Labute approximate surface area is 165 Å². The van der Waals surface area contributed by atoms with Gasteiger partial charge in [0, 0.05) is 5.56 Å². The maximum absolute atomic E-state index is 9.75. The monoisotopic (exact) mass is 375 g/mol. The molecule has 144 valence electrons. The minimum atomic E-state index is -0.0828. The van der Waals surface area contributed by atoms with Crippen LogP contribution in [0.25, 0.3) is 0 Å². The lowest BCUT2D eigenvalue weighted by Gasteiger charge is -2.35. The van der Waals surface area contributed by atoms with Gasteiger partial charge in [0.2, 0.25) is 0 Å². The van der Waals surface area contributed by atoms with E-state index < -0.39 is 0 Å². The molecule has 1 saturated carbocycles. The van der Waals surface area contributed by atoms with Crippen LogP contribution in [0, 0.1) is 22.2 Å². The first-order valence-corrected chi connectivity index (χ1v) is 9.96. The summed E-state index contributed by atoms with van der Waals surface area (Å²) < 4.78 is 0. The zero-order valence-corrected chi connectivity index (χ0v) is 16.9. The Balaban J connectivity index is 0.00000338. The topological polar surface area (TPSA) is 73.7 Å². The molecule has 4 heteroatoms. The summed E-state index contributed by atoms with van der Waals surface area (Å²) in [5.41, 5.74) is 7.56. The van der Waals surface area contributed by atoms with Crippen molar-refractivity contribution in [3.8, 4) is 6.07 Å². The van der Waals surface area contributed by atoms with Gasteiger partial charge in [0.25, 0.3) is 0 Å². The Bertz CT molecular complexity index is 580. The van der Waals surface area contributed by atoms with Gasteiger partial charge in [0.15, 0.2) is 0 Å². The molecule has 0 saturated heterocycles. The van der Waals surface area contributed by atoms with E-state index in [4.69, 9.17) is 11.1 Å². The third-order valence-electron chi connectivity index (χ3n) is 5.88. The number of halogens is 1. The fourth-order valence-electron chi connectivity index (χ4n) is 4.10. The smallest absolute Gasteiger partial charge is 0.122 e. The molecular weight excluding hydrogens is 342 g/mol. The molecule has 1 aromatic rings. The zero-order valence-electron chi connectivity index (χ0n) is 16.1. The highest BCUT2D eigenvalue weighted by atomic mass is 35.5. The van der Waals surface area contributed by atoms with Crippen LogP contribution in [0.1, 0.15) is 94.6 Å². The lowest BCUT2D eigenvalue weighted by atomic mass is 9.67. The molecule has 0 atom stereocenters. The number of nitrogen functional groups attached to an aromatic ring is 1. The van der Waals surface area contributed by atoms with E-state index in [0.717, 1.165) is 37.7 Å². The first-order chi connectivity index (χ1) is 12.1.